The van der Waals surface area contributed by atoms with Crippen molar-refractivity contribution in [3.8, 4) is 0 Å². The van der Waals surface area contributed by atoms with Crippen molar-refractivity contribution in [2.45, 2.75) is 58.4 Å². The van der Waals surface area contributed by atoms with E-state index in [9.17, 15) is 0 Å². The summed E-state index contributed by atoms with van der Waals surface area (Å²) < 4.78 is 0. The van der Waals surface area contributed by atoms with Gasteiger partial charge < -0.3 is 5.73 Å². The maximum absolute atomic E-state index is 6.35. The molecule has 0 radical (unpaired) electrons. The summed E-state index contributed by atoms with van der Waals surface area (Å²) in [6.45, 7) is 6.75. The maximum atomic E-state index is 6.35. The van der Waals surface area contributed by atoms with Crippen molar-refractivity contribution in [3.63, 3.8) is 0 Å². The molecule has 1 aromatic carbocycles. The molecule has 1 heteroatoms. The fourth-order valence-electron chi connectivity index (χ4n) is 3.18. The first kappa shape index (κ1) is 12.6. The predicted molar refractivity (Wildman–Crippen MR) is 74.3 cm³/mol. The molecule has 0 bridgehead atoms. The Morgan fingerprint density at radius 1 is 1.24 bits per heavy atom. The third-order valence-electron chi connectivity index (χ3n) is 4.64. The van der Waals surface area contributed by atoms with Gasteiger partial charge in [-0.25, -0.2) is 0 Å². The monoisotopic (exact) mass is 231 g/mol. The van der Waals surface area contributed by atoms with Gasteiger partial charge in [-0.05, 0) is 61.6 Å². The van der Waals surface area contributed by atoms with Crippen LogP contribution in [0.15, 0.2) is 18.2 Å². The maximum Gasteiger partial charge on any atom is 0.0108 e. The van der Waals surface area contributed by atoms with E-state index in [2.05, 4.69) is 39.0 Å². The zero-order valence-corrected chi connectivity index (χ0v) is 11.4. The lowest BCUT2D eigenvalue weighted by Crippen LogP contribution is -2.34. The summed E-state index contributed by atoms with van der Waals surface area (Å²) in [5.74, 6) is 1.45. The third-order valence-corrected chi connectivity index (χ3v) is 4.64. The first-order valence-corrected chi connectivity index (χ1v) is 6.95. The lowest BCUT2D eigenvalue weighted by atomic mass is 9.73. The topological polar surface area (TPSA) is 26.0 Å². The van der Waals surface area contributed by atoms with Gasteiger partial charge in [0, 0.05) is 6.04 Å². The lowest BCUT2D eigenvalue weighted by molar-refractivity contribution is 0.282. The molecule has 1 aromatic rings. The van der Waals surface area contributed by atoms with Crippen LogP contribution in [0.3, 0.4) is 0 Å². The van der Waals surface area contributed by atoms with E-state index in [1.54, 1.807) is 0 Å². The minimum Gasteiger partial charge on any atom is -0.327 e. The molecule has 3 unspecified atom stereocenters. The SMILES string of the molecule is CCC1CCC(N)C(c2cccc(C)c2C)C1. The van der Waals surface area contributed by atoms with Crippen molar-refractivity contribution in [1.82, 2.24) is 0 Å². The van der Waals surface area contributed by atoms with Gasteiger partial charge in [-0.1, -0.05) is 31.5 Å². The van der Waals surface area contributed by atoms with Crippen LogP contribution in [0.4, 0.5) is 0 Å². The van der Waals surface area contributed by atoms with Crippen LogP contribution < -0.4 is 5.73 Å². The van der Waals surface area contributed by atoms with Gasteiger partial charge in [0.2, 0.25) is 0 Å². The van der Waals surface area contributed by atoms with Crippen molar-refractivity contribution >= 4 is 0 Å². The van der Waals surface area contributed by atoms with E-state index in [1.807, 2.05) is 0 Å². The molecular weight excluding hydrogens is 206 g/mol. The standard InChI is InChI=1S/C16H25N/c1-4-13-8-9-16(17)15(10-13)14-7-5-6-11(2)12(14)3/h5-7,13,15-16H,4,8-10,17H2,1-3H3. The molecule has 94 valence electrons. The van der Waals surface area contributed by atoms with E-state index in [0.29, 0.717) is 12.0 Å². The van der Waals surface area contributed by atoms with Crippen LogP contribution >= 0.6 is 0 Å². The second-order valence-electron chi connectivity index (χ2n) is 5.65. The van der Waals surface area contributed by atoms with Gasteiger partial charge in [0.25, 0.3) is 0 Å². The van der Waals surface area contributed by atoms with Crippen molar-refractivity contribution in [2.24, 2.45) is 11.7 Å². The van der Waals surface area contributed by atoms with Crippen LogP contribution in [0.5, 0.6) is 0 Å². The molecule has 17 heavy (non-hydrogen) atoms. The quantitative estimate of drug-likeness (QED) is 0.820. The van der Waals surface area contributed by atoms with Crippen LogP contribution in [0, 0.1) is 19.8 Å². The molecule has 0 aliphatic heterocycles. The first-order chi connectivity index (χ1) is 8.13. The number of aryl methyl sites for hydroxylation is 1. The number of rotatable bonds is 2. The molecule has 1 aliphatic rings. The average Bonchev–Trinajstić information content (AvgIpc) is 2.34. The first-order valence-electron chi connectivity index (χ1n) is 6.95. The second-order valence-corrected chi connectivity index (χ2v) is 5.65. The highest BCUT2D eigenvalue weighted by molar-refractivity contribution is 5.36. The van der Waals surface area contributed by atoms with E-state index in [-0.39, 0.29) is 0 Å². The smallest absolute Gasteiger partial charge is 0.0108 e. The Bertz CT molecular complexity index is 383. The van der Waals surface area contributed by atoms with Crippen LogP contribution in [0.25, 0.3) is 0 Å². The summed E-state index contributed by atoms with van der Waals surface area (Å²) in [7, 11) is 0. The molecule has 1 aliphatic carbocycles. The molecule has 2 rings (SSSR count). The minimum atomic E-state index is 0.360. The predicted octanol–water partition coefficient (Wildman–Crippen LogP) is 3.92. The normalized spacial score (nSPS) is 29.3. The van der Waals surface area contributed by atoms with Crippen molar-refractivity contribution in [1.29, 1.82) is 0 Å². The Morgan fingerprint density at radius 2 is 2.00 bits per heavy atom. The molecule has 0 heterocycles. The molecule has 2 N–H and O–H groups in total. The molecule has 1 fully saturated rings. The highest BCUT2D eigenvalue weighted by Crippen LogP contribution is 2.38. The summed E-state index contributed by atoms with van der Waals surface area (Å²) in [6.07, 6.45) is 5.09. The van der Waals surface area contributed by atoms with Gasteiger partial charge in [-0.15, -0.1) is 0 Å². The number of benzene rings is 1. The summed E-state index contributed by atoms with van der Waals surface area (Å²) in [6, 6.07) is 7.02. The van der Waals surface area contributed by atoms with Crippen LogP contribution in [-0.4, -0.2) is 6.04 Å². The molecular formula is C16H25N. The molecule has 0 saturated heterocycles. The van der Waals surface area contributed by atoms with Crippen molar-refractivity contribution in [3.05, 3.63) is 34.9 Å². The zero-order chi connectivity index (χ0) is 12.4. The summed E-state index contributed by atoms with van der Waals surface area (Å²) in [5, 5.41) is 0. The van der Waals surface area contributed by atoms with E-state index in [1.165, 1.54) is 42.4 Å². The van der Waals surface area contributed by atoms with E-state index in [0.717, 1.165) is 5.92 Å². The zero-order valence-electron chi connectivity index (χ0n) is 11.4. The summed E-state index contributed by atoms with van der Waals surface area (Å²) in [4.78, 5) is 0. The molecule has 1 saturated carbocycles. The Kier molecular flexibility index (Phi) is 3.88. The van der Waals surface area contributed by atoms with Crippen molar-refractivity contribution < 1.29 is 0 Å². The Labute approximate surface area is 105 Å². The average molecular weight is 231 g/mol. The van der Waals surface area contributed by atoms with Crippen LogP contribution in [0.2, 0.25) is 0 Å². The number of hydrogen-bond acceptors (Lipinski definition) is 1. The van der Waals surface area contributed by atoms with E-state index >= 15 is 0 Å². The minimum absolute atomic E-state index is 0.360. The molecule has 0 spiro atoms. The fraction of sp³-hybridized carbons (Fsp3) is 0.625. The summed E-state index contributed by atoms with van der Waals surface area (Å²) in [5.41, 5.74) is 10.7. The van der Waals surface area contributed by atoms with Gasteiger partial charge in [0.1, 0.15) is 0 Å². The van der Waals surface area contributed by atoms with E-state index < -0.39 is 0 Å². The number of nitrogens with two attached hydrogens (primary N) is 1. The Hall–Kier alpha value is -0.820. The second kappa shape index (κ2) is 5.22. The molecule has 0 amide bonds. The van der Waals surface area contributed by atoms with Gasteiger partial charge in [-0.2, -0.15) is 0 Å². The third kappa shape index (κ3) is 2.55. The lowest BCUT2D eigenvalue weighted by Gasteiger charge is -2.35. The van der Waals surface area contributed by atoms with Gasteiger partial charge >= 0.3 is 0 Å². The van der Waals surface area contributed by atoms with Crippen molar-refractivity contribution in [2.75, 3.05) is 0 Å². The molecule has 1 nitrogen and oxygen atoms in total. The summed E-state index contributed by atoms with van der Waals surface area (Å²) >= 11 is 0. The Morgan fingerprint density at radius 3 is 2.71 bits per heavy atom. The number of hydrogen-bond donors (Lipinski definition) is 1. The molecule has 3 atom stereocenters. The van der Waals surface area contributed by atoms with Crippen LogP contribution in [-0.2, 0) is 0 Å². The highest BCUT2D eigenvalue weighted by atomic mass is 14.7. The van der Waals surface area contributed by atoms with E-state index in [4.69, 9.17) is 5.73 Å². The Balaban J connectivity index is 2.27. The van der Waals surface area contributed by atoms with Gasteiger partial charge in [0.15, 0.2) is 0 Å². The van der Waals surface area contributed by atoms with Gasteiger partial charge in [0.05, 0.1) is 0 Å². The van der Waals surface area contributed by atoms with Crippen LogP contribution in [0.1, 0.15) is 55.2 Å². The van der Waals surface area contributed by atoms with Gasteiger partial charge in [-0.3, -0.25) is 0 Å². The largest absolute Gasteiger partial charge is 0.327 e. The fourth-order valence-corrected chi connectivity index (χ4v) is 3.18. The highest BCUT2D eigenvalue weighted by Gasteiger charge is 2.29. The molecule has 0 aromatic heterocycles.